The summed E-state index contributed by atoms with van der Waals surface area (Å²) >= 11 is 0. The van der Waals surface area contributed by atoms with Gasteiger partial charge in [0.1, 0.15) is 0 Å². The largest absolute Gasteiger partial charge is 0.353 e. The molecule has 4 aliphatic carbocycles. The summed E-state index contributed by atoms with van der Waals surface area (Å²) in [7, 11) is 0. The molecule has 3 amide bonds. The molecule has 0 unspecified atom stereocenters. The van der Waals surface area contributed by atoms with Gasteiger partial charge < -0.3 is 5.32 Å². The Kier molecular flexibility index (Phi) is 4.37. The lowest BCUT2D eigenvalue weighted by molar-refractivity contribution is -0.138. The number of carbonyl (C=O) groups is 3. The fraction of sp³-hybridized carbons (Fsp3) is 0.850. The van der Waals surface area contributed by atoms with Crippen LogP contribution in [0.5, 0.6) is 0 Å². The van der Waals surface area contributed by atoms with Gasteiger partial charge >= 0.3 is 0 Å². The minimum atomic E-state index is -0.133. The predicted octanol–water partition coefficient (Wildman–Crippen LogP) is 2.64. The molecule has 0 spiro atoms. The van der Waals surface area contributed by atoms with E-state index in [1.165, 1.54) is 43.4 Å². The summed E-state index contributed by atoms with van der Waals surface area (Å²) in [6.45, 7) is 2.41. The van der Waals surface area contributed by atoms with E-state index in [0.717, 1.165) is 24.2 Å². The van der Waals surface area contributed by atoms with E-state index in [1.807, 2.05) is 0 Å². The van der Waals surface area contributed by atoms with Crippen molar-refractivity contribution in [1.29, 1.82) is 0 Å². The van der Waals surface area contributed by atoms with Crippen molar-refractivity contribution in [2.45, 2.75) is 77.2 Å². The number of nitrogens with zero attached hydrogens (tertiary/aromatic N) is 1. The minimum Gasteiger partial charge on any atom is -0.353 e. The maximum absolute atomic E-state index is 12.5. The second-order valence-corrected chi connectivity index (χ2v) is 9.00. The van der Waals surface area contributed by atoms with Gasteiger partial charge in [-0.3, -0.25) is 19.3 Å². The predicted molar refractivity (Wildman–Crippen MR) is 93.4 cm³/mol. The fourth-order valence-electron chi connectivity index (χ4n) is 6.64. The Labute approximate surface area is 149 Å². The molecule has 1 aliphatic heterocycles. The highest BCUT2D eigenvalue weighted by atomic mass is 16.2. The minimum absolute atomic E-state index is 0.00454. The normalized spacial score (nSPS) is 37.6. The number of imide groups is 1. The third-order valence-corrected chi connectivity index (χ3v) is 7.29. The number of likely N-dealkylation sites (tertiary alicyclic amines) is 1. The zero-order valence-corrected chi connectivity index (χ0v) is 15.3. The summed E-state index contributed by atoms with van der Waals surface area (Å²) in [4.78, 5) is 37.1. The standard InChI is InChI=1S/C20H30N2O3/c1-2-16(20-10-13-7-14(11-20)9-15(8-13)12-20)21-17(23)5-6-22-18(24)3-4-19(22)25/h13-16H,2-12H2,1H3,(H,21,23)/t13?,14?,15?,16-,20?/m1/s1. The van der Waals surface area contributed by atoms with Gasteiger partial charge in [0.05, 0.1) is 0 Å². The van der Waals surface area contributed by atoms with Crippen LogP contribution >= 0.6 is 0 Å². The maximum Gasteiger partial charge on any atom is 0.229 e. The Balaban J connectivity index is 1.36. The molecule has 5 heteroatoms. The number of carbonyl (C=O) groups excluding carboxylic acids is 3. The van der Waals surface area contributed by atoms with Gasteiger partial charge in [-0.1, -0.05) is 6.92 Å². The molecule has 5 rings (SSSR count). The van der Waals surface area contributed by atoms with Crippen molar-refractivity contribution in [3.8, 4) is 0 Å². The second kappa shape index (κ2) is 6.40. The van der Waals surface area contributed by atoms with Crippen molar-refractivity contribution in [3.05, 3.63) is 0 Å². The molecule has 0 aromatic carbocycles. The number of hydrogen-bond donors (Lipinski definition) is 1. The third-order valence-electron chi connectivity index (χ3n) is 7.29. The van der Waals surface area contributed by atoms with Gasteiger partial charge in [0, 0.05) is 31.8 Å². The van der Waals surface area contributed by atoms with Gasteiger partial charge in [-0.2, -0.15) is 0 Å². The van der Waals surface area contributed by atoms with E-state index < -0.39 is 0 Å². The van der Waals surface area contributed by atoms with Crippen molar-refractivity contribution in [1.82, 2.24) is 10.2 Å². The van der Waals surface area contributed by atoms with Gasteiger partial charge in [0.15, 0.2) is 0 Å². The van der Waals surface area contributed by atoms with Crippen molar-refractivity contribution >= 4 is 17.7 Å². The first-order valence-corrected chi connectivity index (χ1v) is 10.1. The molecular weight excluding hydrogens is 316 g/mol. The highest BCUT2D eigenvalue weighted by molar-refractivity contribution is 6.02. The molecule has 5 nitrogen and oxygen atoms in total. The molecular formula is C20H30N2O3. The van der Waals surface area contributed by atoms with Crippen LogP contribution in [0.2, 0.25) is 0 Å². The van der Waals surface area contributed by atoms with Crippen LogP contribution < -0.4 is 5.32 Å². The van der Waals surface area contributed by atoms with E-state index in [9.17, 15) is 14.4 Å². The van der Waals surface area contributed by atoms with Crippen molar-refractivity contribution in [3.63, 3.8) is 0 Å². The monoisotopic (exact) mass is 346 g/mol. The lowest BCUT2D eigenvalue weighted by Gasteiger charge is -2.59. The summed E-state index contributed by atoms with van der Waals surface area (Å²) in [5, 5.41) is 3.29. The first-order chi connectivity index (χ1) is 12.0. The van der Waals surface area contributed by atoms with Crippen molar-refractivity contribution in [2.75, 3.05) is 6.54 Å². The van der Waals surface area contributed by atoms with E-state index >= 15 is 0 Å². The highest BCUT2D eigenvalue weighted by Crippen LogP contribution is 2.61. The van der Waals surface area contributed by atoms with Crippen LogP contribution in [0.15, 0.2) is 0 Å². The Morgan fingerprint density at radius 2 is 1.60 bits per heavy atom. The molecule has 5 aliphatic rings. The summed E-state index contributed by atoms with van der Waals surface area (Å²) < 4.78 is 0. The molecule has 0 radical (unpaired) electrons. The van der Waals surface area contributed by atoms with E-state index in [-0.39, 0.29) is 36.7 Å². The molecule has 1 N–H and O–H groups in total. The molecule has 4 saturated carbocycles. The number of rotatable bonds is 6. The highest BCUT2D eigenvalue weighted by Gasteiger charge is 2.54. The van der Waals surface area contributed by atoms with Crippen LogP contribution in [-0.4, -0.2) is 35.2 Å². The Morgan fingerprint density at radius 1 is 1.08 bits per heavy atom. The Morgan fingerprint density at radius 3 is 2.08 bits per heavy atom. The third kappa shape index (κ3) is 3.11. The smallest absolute Gasteiger partial charge is 0.229 e. The van der Waals surface area contributed by atoms with Gasteiger partial charge in [-0.15, -0.1) is 0 Å². The topological polar surface area (TPSA) is 66.5 Å². The number of hydrogen-bond acceptors (Lipinski definition) is 3. The van der Waals surface area contributed by atoms with E-state index in [4.69, 9.17) is 0 Å². The van der Waals surface area contributed by atoms with Crippen molar-refractivity contribution in [2.24, 2.45) is 23.2 Å². The second-order valence-electron chi connectivity index (χ2n) is 9.00. The summed E-state index contributed by atoms with van der Waals surface area (Å²) in [5.41, 5.74) is 0.304. The average Bonchev–Trinajstić information content (AvgIpc) is 2.87. The van der Waals surface area contributed by atoms with Crippen LogP contribution in [0.1, 0.15) is 71.1 Å². The lowest BCUT2D eigenvalue weighted by Crippen LogP contribution is -2.56. The molecule has 0 aromatic rings. The molecule has 25 heavy (non-hydrogen) atoms. The first kappa shape index (κ1) is 17.0. The van der Waals surface area contributed by atoms with Crippen LogP contribution in [0.3, 0.4) is 0 Å². The molecule has 4 bridgehead atoms. The van der Waals surface area contributed by atoms with Crippen LogP contribution in [0.25, 0.3) is 0 Å². The van der Waals surface area contributed by atoms with E-state index in [1.54, 1.807) is 0 Å². The maximum atomic E-state index is 12.5. The quantitative estimate of drug-likeness (QED) is 0.752. The van der Waals surface area contributed by atoms with Crippen molar-refractivity contribution < 1.29 is 14.4 Å². The van der Waals surface area contributed by atoms with Crippen LogP contribution in [0, 0.1) is 23.2 Å². The Bertz CT molecular complexity index is 534. The number of nitrogens with one attached hydrogen (secondary N) is 1. The zero-order chi connectivity index (χ0) is 17.6. The van der Waals surface area contributed by atoms with Crippen LogP contribution in [-0.2, 0) is 14.4 Å². The van der Waals surface area contributed by atoms with Crippen LogP contribution in [0.4, 0.5) is 0 Å². The molecule has 5 fully saturated rings. The Hall–Kier alpha value is -1.39. The SMILES string of the molecule is CC[C@@H](NC(=O)CCN1C(=O)CCC1=O)C12CC3CC(CC(C3)C1)C2. The van der Waals surface area contributed by atoms with Gasteiger partial charge in [0.2, 0.25) is 17.7 Å². The van der Waals surface area contributed by atoms with E-state index in [0.29, 0.717) is 18.3 Å². The average molecular weight is 346 g/mol. The molecule has 0 aromatic heterocycles. The zero-order valence-electron chi connectivity index (χ0n) is 15.3. The molecule has 138 valence electrons. The first-order valence-electron chi connectivity index (χ1n) is 10.1. The van der Waals surface area contributed by atoms with E-state index in [2.05, 4.69) is 12.2 Å². The lowest BCUT2D eigenvalue weighted by atomic mass is 9.47. The van der Waals surface area contributed by atoms with Gasteiger partial charge in [-0.25, -0.2) is 0 Å². The number of amides is 3. The molecule has 1 atom stereocenters. The summed E-state index contributed by atoms with van der Waals surface area (Å²) in [5.74, 6) is 2.35. The van der Waals surface area contributed by atoms with Gasteiger partial charge in [0.25, 0.3) is 0 Å². The summed E-state index contributed by atoms with van der Waals surface area (Å²) in [6.07, 6.45) is 9.85. The molecule has 1 heterocycles. The molecule has 1 saturated heterocycles. The fourth-order valence-corrected chi connectivity index (χ4v) is 6.64. The van der Waals surface area contributed by atoms with Gasteiger partial charge in [-0.05, 0) is 68.1 Å². The summed E-state index contributed by atoms with van der Waals surface area (Å²) in [6, 6.07) is 0.249.